The molecule has 1 fully saturated rings. The van der Waals surface area contributed by atoms with Crippen molar-refractivity contribution in [1.29, 1.82) is 0 Å². The van der Waals surface area contributed by atoms with E-state index in [0.717, 1.165) is 5.92 Å². The van der Waals surface area contributed by atoms with Crippen LogP contribution in [0.5, 0.6) is 0 Å². The molecule has 1 heterocycles. The number of rotatable bonds is 4. The van der Waals surface area contributed by atoms with E-state index in [1.807, 2.05) is 12.3 Å². The van der Waals surface area contributed by atoms with E-state index in [-0.39, 0.29) is 18.4 Å². The molecule has 1 aliphatic carbocycles. The van der Waals surface area contributed by atoms with Gasteiger partial charge in [-0.1, -0.05) is 30.9 Å². The van der Waals surface area contributed by atoms with Gasteiger partial charge in [-0.15, -0.1) is 12.4 Å². The van der Waals surface area contributed by atoms with E-state index in [1.54, 1.807) is 6.20 Å². The summed E-state index contributed by atoms with van der Waals surface area (Å²) < 4.78 is 0. The first-order chi connectivity index (χ1) is 7.66. The van der Waals surface area contributed by atoms with Crippen molar-refractivity contribution in [2.45, 2.75) is 44.6 Å². The Morgan fingerprint density at radius 2 is 2.18 bits per heavy atom. The van der Waals surface area contributed by atoms with Gasteiger partial charge >= 0.3 is 0 Å². The summed E-state index contributed by atoms with van der Waals surface area (Å²) in [6, 6.07) is 2.17. The number of nitrogens with two attached hydrogens (primary N) is 1. The zero-order valence-corrected chi connectivity index (χ0v) is 11.7. The predicted octanol–water partition coefficient (Wildman–Crippen LogP) is 3.78. The van der Waals surface area contributed by atoms with Crippen molar-refractivity contribution in [2.75, 3.05) is 0 Å². The van der Waals surface area contributed by atoms with Crippen molar-refractivity contribution in [1.82, 2.24) is 4.98 Å². The molecule has 1 aromatic rings. The Morgan fingerprint density at radius 1 is 1.47 bits per heavy atom. The summed E-state index contributed by atoms with van der Waals surface area (Å²) in [5.41, 5.74) is 7.26. The van der Waals surface area contributed by atoms with Crippen LogP contribution in [0.25, 0.3) is 0 Å². The highest BCUT2D eigenvalue weighted by Crippen LogP contribution is 2.37. The Kier molecular flexibility index (Phi) is 5.71. The number of hydrogen-bond donors (Lipinski definition) is 1. The third-order valence-electron chi connectivity index (χ3n) is 3.60. The molecule has 17 heavy (non-hydrogen) atoms. The molecule has 0 radical (unpaired) electrons. The second-order valence-corrected chi connectivity index (χ2v) is 5.37. The Hall–Kier alpha value is -0.310. The first kappa shape index (κ1) is 14.7. The monoisotopic (exact) mass is 274 g/mol. The Bertz CT molecular complexity index is 351. The van der Waals surface area contributed by atoms with Crippen molar-refractivity contribution in [3.05, 3.63) is 29.0 Å². The van der Waals surface area contributed by atoms with Gasteiger partial charge in [0, 0.05) is 24.4 Å². The van der Waals surface area contributed by atoms with Gasteiger partial charge in [0.2, 0.25) is 0 Å². The van der Waals surface area contributed by atoms with Crippen LogP contribution < -0.4 is 5.73 Å². The average Bonchev–Trinajstić information content (AvgIpc) is 2.15. The standard InChI is InChI=1S/C13H19ClN2.ClH/c1-9(15)13(5-10-3-2-4-10)11-6-12(14)8-16-7-11;/h6-10,13H,2-5,15H2,1H3;1H. The molecule has 0 saturated heterocycles. The van der Waals surface area contributed by atoms with Crippen LogP contribution in [0.15, 0.2) is 18.5 Å². The first-order valence-electron chi connectivity index (χ1n) is 6.03. The summed E-state index contributed by atoms with van der Waals surface area (Å²) in [6.07, 6.45) is 8.85. The number of halogens is 2. The molecule has 2 atom stereocenters. The van der Waals surface area contributed by atoms with Gasteiger partial charge in [-0.05, 0) is 30.9 Å². The summed E-state index contributed by atoms with van der Waals surface area (Å²) >= 11 is 5.97. The van der Waals surface area contributed by atoms with Crippen LogP contribution in [0.2, 0.25) is 5.02 Å². The summed E-state index contributed by atoms with van der Waals surface area (Å²) in [6.45, 7) is 2.07. The summed E-state index contributed by atoms with van der Waals surface area (Å²) in [5, 5.41) is 0.705. The van der Waals surface area contributed by atoms with E-state index >= 15 is 0 Å². The third-order valence-corrected chi connectivity index (χ3v) is 3.81. The zero-order chi connectivity index (χ0) is 11.5. The molecule has 96 valence electrons. The van der Waals surface area contributed by atoms with Crippen molar-refractivity contribution in [3.8, 4) is 0 Å². The van der Waals surface area contributed by atoms with Crippen LogP contribution in [-0.4, -0.2) is 11.0 Å². The lowest BCUT2D eigenvalue weighted by Crippen LogP contribution is -2.28. The number of nitrogens with zero attached hydrogens (tertiary/aromatic N) is 1. The molecule has 2 nitrogen and oxygen atoms in total. The molecule has 2 N–H and O–H groups in total. The Labute approximate surface area is 114 Å². The molecule has 0 aromatic carbocycles. The fourth-order valence-electron chi connectivity index (χ4n) is 2.37. The number of aromatic nitrogens is 1. The van der Waals surface area contributed by atoms with E-state index in [4.69, 9.17) is 17.3 Å². The van der Waals surface area contributed by atoms with Gasteiger partial charge < -0.3 is 5.73 Å². The molecule has 2 rings (SSSR count). The molecule has 1 aromatic heterocycles. The summed E-state index contributed by atoms with van der Waals surface area (Å²) in [5.74, 6) is 1.26. The minimum Gasteiger partial charge on any atom is -0.327 e. The minimum atomic E-state index is 0. The summed E-state index contributed by atoms with van der Waals surface area (Å²) in [4.78, 5) is 4.15. The molecule has 0 amide bonds. The normalized spacial score (nSPS) is 19.0. The van der Waals surface area contributed by atoms with Gasteiger partial charge in [-0.25, -0.2) is 0 Å². The van der Waals surface area contributed by atoms with E-state index in [9.17, 15) is 0 Å². The lowest BCUT2D eigenvalue weighted by Gasteiger charge is -2.31. The predicted molar refractivity (Wildman–Crippen MR) is 74.8 cm³/mol. The molecule has 0 aliphatic heterocycles. The van der Waals surface area contributed by atoms with Crippen molar-refractivity contribution >= 4 is 24.0 Å². The second-order valence-electron chi connectivity index (χ2n) is 4.93. The highest BCUT2D eigenvalue weighted by Gasteiger charge is 2.25. The third kappa shape index (κ3) is 3.84. The Morgan fingerprint density at radius 3 is 2.65 bits per heavy atom. The lowest BCUT2D eigenvalue weighted by atomic mass is 9.75. The SMILES string of the molecule is CC(N)C(CC1CCC1)c1cncc(Cl)c1.Cl. The maximum Gasteiger partial charge on any atom is 0.0592 e. The Balaban J connectivity index is 0.00000144. The van der Waals surface area contributed by atoms with Gasteiger partial charge in [-0.2, -0.15) is 0 Å². The molecule has 0 bridgehead atoms. The molecule has 1 saturated carbocycles. The molecular formula is C13H20Cl2N2. The first-order valence-corrected chi connectivity index (χ1v) is 6.40. The van der Waals surface area contributed by atoms with Crippen LogP contribution in [0, 0.1) is 5.92 Å². The van der Waals surface area contributed by atoms with Crippen LogP contribution in [-0.2, 0) is 0 Å². The van der Waals surface area contributed by atoms with Gasteiger partial charge in [0.15, 0.2) is 0 Å². The molecule has 4 heteroatoms. The fourth-order valence-corrected chi connectivity index (χ4v) is 2.56. The van der Waals surface area contributed by atoms with E-state index in [0.29, 0.717) is 10.9 Å². The van der Waals surface area contributed by atoms with Crippen molar-refractivity contribution in [2.24, 2.45) is 11.7 Å². The lowest BCUT2D eigenvalue weighted by molar-refractivity contribution is 0.266. The van der Waals surface area contributed by atoms with Crippen LogP contribution in [0.1, 0.15) is 44.1 Å². The molecule has 2 unspecified atom stereocenters. The number of pyridine rings is 1. The zero-order valence-electron chi connectivity index (χ0n) is 10.1. The molecule has 1 aliphatic rings. The fraction of sp³-hybridized carbons (Fsp3) is 0.615. The highest BCUT2D eigenvalue weighted by atomic mass is 35.5. The van der Waals surface area contributed by atoms with Crippen molar-refractivity contribution < 1.29 is 0 Å². The largest absolute Gasteiger partial charge is 0.327 e. The van der Waals surface area contributed by atoms with Crippen LogP contribution >= 0.6 is 24.0 Å². The minimum absolute atomic E-state index is 0. The van der Waals surface area contributed by atoms with Crippen LogP contribution in [0.3, 0.4) is 0 Å². The summed E-state index contributed by atoms with van der Waals surface area (Å²) in [7, 11) is 0. The highest BCUT2D eigenvalue weighted by molar-refractivity contribution is 6.30. The van der Waals surface area contributed by atoms with E-state index in [1.165, 1.54) is 31.2 Å². The smallest absolute Gasteiger partial charge is 0.0592 e. The maximum absolute atomic E-state index is 6.07. The van der Waals surface area contributed by atoms with Crippen molar-refractivity contribution in [3.63, 3.8) is 0 Å². The van der Waals surface area contributed by atoms with E-state index in [2.05, 4.69) is 11.9 Å². The topological polar surface area (TPSA) is 38.9 Å². The molecular weight excluding hydrogens is 255 g/mol. The molecule has 0 spiro atoms. The maximum atomic E-state index is 6.07. The quantitative estimate of drug-likeness (QED) is 0.908. The van der Waals surface area contributed by atoms with Gasteiger partial charge in [-0.3, -0.25) is 4.98 Å². The van der Waals surface area contributed by atoms with Gasteiger partial charge in [0.1, 0.15) is 0 Å². The van der Waals surface area contributed by atoms with Crippen LogP contribution in [0.4, 0.5) is 0 Å². The second kappa shape index (κ2) is 6.58. The number of hydrogen-bond acceptors (Lipinski definition) is 2. The van der Waals surface area contributed by atoms with E-state index < -0.39 is 0 Å². The van der Waals surface area contributed by atoms with Gasteiger partial charge in [0.05, 0.1) is 5.02 Å². The van der Waals surface area contributed by atoms with Gasteiger partial charge in [0.25, 0.3) is 0 Å². The average molecular weight is 275 g/mol.